The van der Waals surface area contributed by atoms with E-state index < -0.39 is 28.6 Å². The van der Waals surface area contributed by atoms with Gasteiger partial charge in [0.25, 0.3) is 0 Å². The number of nitrogens with one attached hydrogen (secondary N) is 2. The molecule has 0 aliphatic carbocycles. The highest BCUT2D eigenvalue weighted by Gasteiger charge is 2.17. The van der Waals surface area contributed by atoms with Gasteiger partial charge in [-0.15, -0.1) is 0 Å². The van der Waals surface area contributed by atoms with E-state index in [4.69, 9.17) is 9.84 Å². The number of hydrogen-bond acceptors (Lipinski definition) is 5. The second-order valence-corrected chi connectivity index (χ2v) is 5.78. The number of sulfonamides is 1. The van der Waals surface area contributed by atoms with Gasteiger partial charge in [0.1, 0.15) is 6.54 Å². The summed E-state index contributed by atoms with van der Waals surface area (Å²) < 4.78 is 29.7. The molecule has 3 N–H and O–H groups in total. The lowest BCUT2D eigenvalue weighted by atomic mass is 10.5. The van der Waals surface area contributed by atoms with E-state index in [-0.39, 0.29) is 32.0 Å². The van der Waals surface area contributed by atoms with E-state index in [0.717, 1.165) is 4.90 Å². The van der Waals surface area contributed by atoms with Crippen LogP contribution >= 0.6 is 0 Å². The van der Waals surface area contributed by atoms with Gasteiger partial charge in [-0.05, 0) is 0 Å². The molecule has 0 saturated heterocycles. The van der Waals surface area contributed by atoms with Crippen LogP contribution in [0.2, 0.25) is 0 Å². The third-order valence-electron chi connectivity index (χ3n) is 2.19. The fraction of sp³-hybridized carbons (Fsp3) is 0.800. The lowest BCUT2D eigenvalue weighted by molar-refractivity contribution is -0.137. The first-order valence-corrected chi connectivity index (χ1v) is 7.68. The van der Waals surface area contributed by atoms with Crippen LogP contribution in [0.5, 0.6) is 0 Å². The summed E-state index contributed by atoms with van der Waals surface area (Å²) in [6.07, 6.45) is 0. The van der Waals surface area contributed by atoms with E-state index in [9.17, 15) is 18.0 Å². The molecule has 0 rings (SSSR count). The molecule has 0 fully saturated rings. The molecule has 0 aliphatic heterocycles. The van der Waals surface area contributed by atoms with Crippen LogP contribution < -0.4 is 10.0 Å². The highest BCUT2D eigenvalue weighted by Crippen LogP contribution is 1.91. The van der Waals surface area contributed by atoms with Gasteiger partial charge >= 0.3 is 12.0 Å². The average Bonchev–Trinajstić information content (AvgIpc) is 2.33. The van der Waals surface area contributed by atoms with Gasteiger partial charge in [0.05, 0.1) is 12.4 Å². The molecule has 0 atom stereocenters. The summed E-state index contributed by atoms with van der Waals surface area (Å²) in [6.45, 7) is 1.64. The van der Waals surface area contributed by atoms with Gasteiger partial charge in [0.2, 0.25) is 10.0 Å². The molecule has 0 unspecified atom stereocenters. The molecule has 0 aromatic carbocycles. The SMILES string of the molecule is CCNS(=O)(=O)CCNC(=O)N(CCOC)CC(=O)O. The maximum Gasteiger partial charge on any atom is 0.323 e. The zero-order valence-electron chi connectivity index (χ0n) is 11.6. The number of rotatable bonds is 10. The zero-order valence-corrected chi connectivity index (χ0v) is 12.4. The Kier molecular flexibility index (Phi) is 8.84. The number of urea groups is 1. The monoisotopic (exact) mass is 311 g/mol. The van der Waals surface area contributed by atoms with Crippen LogP contribution in [0.15, 0.2) is 0 Å². The topological polar surface area (TPSA) is 125 Å². The molecule has 0 saturated carbocycles. The van der Waals surface area contributed by atoms with Crippen molar-refractivity contribution < 1.29 is 27.9 Å². The molecule has 2 amide bonds. The Morgan fingerprint density at radius 3 is 2.50 bits per heavy atom. The van der Waals surface area contributed by atoms with E-state index in [1.165, 1.54) is 7.11 Å². The minimum absolute atomic E-state index is 0.0999. The summed E-state index contributed by atoms with van der Waals surface area (Å²) in [5.74, 6) is -1.42. The fourth-order valence-electron chi connectivity index (χ4n) is 1.31. The predicted molar refractivity (Wildman–Crippen MR) is 71.9 cm³/mol. The van der Waals surface area contributed by atoms with Crippen LogP contribution in [0.25, 0.3) is 0 Å². The Hall–Kier alpha value is -1.39. The number of hydrogen-bond donors (Lipinski definition) is 3. The first-order chi connectivity index (χ1) is 9.32. The molecule has 0 heterocycles. The average molecular weight is 311 g/mol. The second-order valence-electron chi connectivity index (χ2n) is 3.86. The number of carbonyl (C=O) groups excluding carboxylic acids is 1. The van der Waals surface area contributed by atoms with E-state index in [2.05, 4.69) is 10.0 Å². The van der Waals surface area contributed by atoms with Gasteiger partial charge in [-0.2, -0.15) is 0 Å². The number of carboxylic acids is 1. The third-order valence-corrected chi connectivity index (χ3v) is 3.66. The molecule has 0 aromatic heterocycles. The molecule has 0 radical (unpaired) electrons. The molecular formula is C10H21N3O6S. The number of amides is 2. The minimum Gasteiger partial charge on any atom is -0.480 e. The lowest BCUT2D eigenvalue weighted by Gasteiger charge is -2.20. The van der Waals surface area contributed by atoms with Crippen molar-refractivity contribution in [3.8, 4) is 0 Å². The quantitative estimate of drug-likeness (QED) is 0.459. The maximum atomic E-state index is 11.7. The normalized spacial score (nSPS) is 11.1. The van der Waals surface area contributed by atoms with Crippen LogP contribution in [0.4, 0.5) is 4.79 Å². The van der Waals surface area contributed by atoms with Gasteiger partial charge in [-0.3, -0.25) is 4.79 Å². The van der Waals surface area contributed by atoms with Gasteiger partial charge in [0.15, 0.2) is 0 Å². The fourth-order valence-corrected chi connectivity index (χ4v) is 2.27. The van der Waals surface area contributed by atoms with Crippen molar-refractivity contribution in [2.24, 2.45) is 0 Å². The molecule has 10 heteroatoms. The van der Waals surface area contributed by atoms with Crippen molar-refractivity contribution in [3.05, 3.63) is 0 Å². The zero-order chi connectivity index (χ0) is 15.6. The van der Waals surface area contributed by atoms with Gasteiger partial charge in [-0.25, -0.2) is 17.9 Å². The molecule has 0 spiro atoms. The number of aliphatic carboxylic acids is 1. The molecular weight excluding hydrogens is 290 g/mol. The maximum absolute atomic E-state index is 11.7. The molecule has 0 bridgehead atoms. The summed E-state index contributed by atoms with van der Waals surface area (Å²) in [4.78, 5) is 23.4. The van der Waals surface area contributed by atoms with Crippen molar-refractivity contribution >= 4 is 22.0 Å². The summed E-state index contributed by atoms with van der Waals surface area (Å²) >= 11 is 0. The highest BCUT2D eigenvalue weighted by atomic mass is 32.2. The number of carbonyl (C=O) groups is 2. The Balaban J connectivity index is 4.28. The van der Waals surface area contributed by atoms with Crippen LogP contribution in [-0.4, -0.2) is 76.1 Å². The highest BCUT2D eigenvalue weighted by molar-refractivity contribution is 7.89. The number of nitrogens with zero attached hydrogens (tertiary/aromatic N) is 1. The second kappa shape index (κ2) is 9.50. The summed E-state index contributed by atoms with van der Waals surface area (Å²) in [7, 11) is -1.99. The molecule has 0 aromatic rings. The van der Waals surface area contributed by atoms with Gasteiger partial charge in [-0.1, -0.05) is 6.92 Å². The van der Waals surface area contributed by atoms with Crippen LogP contribution in [0, 0.1) is 0 Å². The molecule has 0 aliphatic rings. The van der Waals surface area contributed by atoms with Crippen LogP contribution in [0.3, 0.4) is 0 Å². The van der Waals surface area contributed by atoms with E-state index in [0.29, 0.717) is 0 Å². The van der Waals surface area contributed by atoms with E-state index in [1.54, 1.807) is 6.92 Å². The van der Waals surface area contributed by atoms with Crippen molar-refractivity contribution in [2.75, 3.05) is 45.6 Å². The van der Waals surface area contributed by atoms with Crippen molar-refractivity contribution in [1.29, 1.82) is 0 Å². The predicted octanol–water partition coefficient (Wildman–Crippen LogP) is -1.33. The lowest BCUT2D eigenvalue weighted by Crippen LogP contribution is -2.46. The Labute approximate surface area is 118 Å². The first-order valence-electron chi connectivity index (χ1n) is 6.03. The van der Waals surface area contributed by atoms with E-state index in [1.807, 2.05) is 0 Å². The summed E-state index contributed by atoms with van der Waals surface area (Å²) in [5, 5.41) is 11.0. The van der Waals surface area contributed by atoms with Gasteiger partial charge < -0.3 is 20.1 Å². The van der Waals surface area contributed by atoms with Crippen molar-refractivity contribution in [1.82, 2.24) is 14.9 Å². The smallest absolute Gasteiger partial charge is 0.323 e. The number of methoxy groups -OCH3 is 1. The Bertz CT molecular complexity index is 411. The summed E-state index contributed by atoms with van der Waals surface area (Å²) in [5.41, 5.74) is 0. The molecule has 9 nitrogen and oxygen atoms in total. The first kappa shape index (κ1) is 18.6. The van der Waals surface area contributed by atoms with E-state index >= 15 is 0 Å². The van der Waals surface area contributed by atoms with Crippen molar-refractivity contribution in [3.63, 3.8) is 0 Å². The number of ether oxygens (including phenoxy) is 1. The van der Waals surface area contributed by atoms with Crippen LogP contribution in [-0.2, 0) is 19.6 Å². The molecule has 118 valence electrons. The number of carboxylic acid groups (broad SMARTS) is 1. The standard InChI is InChI=1S/C10H21N3O6S/c1-3-12-20(17,18)7-4-11-10(16)13(5-6-19-2)8-9(14)15/h12H,3-8H2,1-2H3,(H,11,16)(H,14,15). The third kappa shape index (κ3) is 8.67. The minimum atomic E-state index is -3.42. The Morgan fingerprint density at radius 2 is 2.00 bits per heavy atom. The molecule has 20 heavy (non-hydrogen) atoms. The summed E-state index contributed by atoms with van der Waals surface area (Å²) in [6, 6.07) is -0.642. The van der Waals surface area contributed by atoms with Crippen LogP contribution in [0.1, 0.15) is 6.92 Å². The Morgan fingerprint density at radius 1 is 1.35 bits per heavy atom. The van der Waals surface area contributed by atoms with Crippen molar-refractivity contribution in [2.45, 2.75) is 6.92 Å². The largest absolute Gasteiger partial charge is 0.480 e. The van der Waals surface area contributed by atoms with Gasteiger partial charge in [0, 0.05) is 26.7 Å².